The monoisotopic (exact) mass is 378 g/mol. The van der Waals surface area contributed by atoms with Gasteiger partial charge >= 0.3 is 6.18 Å². The van der Waals surface area contributed by atoms with Crippen LogP contribution in [-0.4, -0.2) is 36.7 Å². The van der Waals surface area contributed by atoms with Gasteiger partial charge in [-0.2, -0.15) is 13.2 Å². The topological polar surface area (TPSA) is 116 Å². The lowest BCUT2D eigenvalue weighted by molar-refractivity contribution is -0.154. The third-order valence-corrected chi connectivity index (χ3v) is 4.26. The van der Waals surface area contributed by atoms with Crippen molar-refractivity contribution in [2.24, 2.45) is 12.8 Å². The Kier molecular flexibility index (Phi) is 4.92. The van der Waals surface area contributed by atoms with Crippen molar-refractivity contribution in [3.8, 4) is 5.88 Å². The fourth-order valence-corrected chi connectivity index (χ4v) is 2.93. The molecule has 0 aliphatic heterocycles. The minimum atomic E-state index is -4.51. The molecule has 25 heavy (non-hydrogen) atoms. The van der Waals surface area contributed by atoms with E-state index in [4.69, 9.17) is 5.73 Å². The molecular formula is C13H13F3N4O4S. The minimum absolute atomic E-state index is 0.00355. The van der Waals surface area contributed by atoms with Gasteiger partial charge in [-0.3, -0.25) is 9.52 Å². The number of nitrogens with one attached hydrogen (secondary N) is 1. The zero-order chi connectivity index (χ0) is 18.8. The Hall–Kier alpha value is -2.76. The van der Waals surface area contributed by atoms with Gasteiger partial charge in [-0.05, 0) is 12.1 Å². The van der Waals surface area contributed by atoms with E-state index in [1.54, 1.807) is 0 Å². The van der Waals surface area contributed by atoms with Gasteiger partial charge in [-0.15, -0.1) is 0 Å². The number of anilines is 1. The van der Waals surface area contributed by atoms with Gasteiger partial charge < -0.3 is 15.0 Å². The number of ether oxygens (including phenoxy) is 1. The van der Waals surface area contributed by atoms with E-state index in [1.165, 1.54) is 23.9 Å². The van der Waals surface area contributed by atoms with Crippen LogP contribution in [0.5, 0.6) is 5.88 Å². The van der Waals surface area contributed by atoms with Gasteiger partial charge in [0.15, 0.2) is 6.61 Å². The highest BCUT2D eigenvalue weighted by Gasteiger charge is 2.28. The second-order valence-corrected chi connectivity index (χ2v) is 6.61. The maximum Gasteiger partial charge on any atom is 0.422 e. The molecule has 0 saturated carbocycles. The predicted octanol–water partition coefficient (Wildman–Crippen LogP) is 1.26. The van der Waals surface area contributed by atoms with Gasteiger partial charge in [0, 0.05) is 19.3 Å². The molecule has 136 valence electrons. The predicted molar refractivity (Wildman–Crippen MR) is 80.5 cm³/mol. The number of primary amides is 1. The van der Waals surface area contributed by atoms with Crippen molar-refractivity contribution >= 4 is 21.6 Å². The quantitative estimate of drug-likeness (QED) is 0.785. The van der Waals surface area contributed by atoms with Gasteiger partial charge in [0.05, 0.1) is 11.9 Å². The normalized spacial score (nSPS) is 12.0. The standard InChI is InChI=1S/C13H13F3N4O4S/c1-20-6-9(4-10(20)12(17)21)25(22,23)19-8-2-3-11(18-5-8)24-7-13(14,15)16/h2-6,19H,7H2,1H3,(H2,17,21). The van der Waals surface area contributed by atoms with Crippen LogP contribution in [0.4, 0.5) is 18.9 Å². The zero-order valence-electron chi connectivity index (χ0n) is 12.7. The maximum atomic E-state index is 12.2. The van der Waals surface area contributed by atoms with Crippen LogP contribution in [0, 0.1) is 0 Å². The first-order valence-corrected chi connectivity index (χ1v) is 8.11. The van der Waals surface area contributed by atoms with E-state index in [9.17, 15) is 26.4 Å². The SMILES string of the molecule is Cn1cc(S(=O)(=O)Nc2ccc(OCC(F)(F)F)nc2)cc1C(N)=O. The molecule has 0 spiro atoms. The summed E-state index contributed by atoms with van der Waals surface area (Å²) in [6.45, 7) is -1.51. The third kappa shape index (κ3) is 4.86. The molecule has 1 amide bonds. The zero-order valence-corrected chi connectivity index (χ0v) is 13.6. The maximum absolute atomic E-state index is 12.2. The highest BCUT2D eigenvalue weighted by Crippen LogP contribution is 2.20. The number of hydrogen-bond donors (Lipinski definition) is 2. The van der Waals surface area contributed by atoms with E-state index >= 15 is 0 Å². The number of sulfonamides is 1. The van der Waals surface area contributed by atoms with Crippen molar-refractivity contribution in [3.63, 3.8) is 0 Å². The second kappa shape index (κ2) is 6.63. The van der Waals surface area contributed by atoms with Crippen LogP contribution in [0.3, 0.4) is 0 Å². The fourth-order valence-electron chi connectivity index (χ4n) is 1.82. The van der Waals surface area contributed by atoms with E-state index in [0.29, 0.717) is 0 Å². The first kappa shape index (κ1) is 18.6. The first-order valence-electron chi connectivity index (χ1n) is 6.62. The van der Waals surface area contributed by atoms with E-state index in [2.05, 4.69) is 14.4 Å². The van der Waals surface area contributed by atoms with Crippen LogP contribution >= 0.6 is 0 Å². The van der Waals surface area contributed by atoms with Gasteiger partial charge in [-0.25, -0.2) is 13.4 Å². The Balaban J connectivity index is 2.13. The summed E-state index contributed by atoms with van der Waals surface area (Å²) < 4.78 is 68.5. The number of nitrogens with zero attached hydrogens (tertiary/aromatic N) is 2. The molecule has 3 N–H and O–H groups in total. The molecule has 0 aliphatic rings. The van der Waals surface area contributed by atoms with Crippen molar-refractivity contribution in [2.75, 3.05) is 11.3 Å². The molecule has 12 heteroatoms. The summed E-state index contributed by atoms with van der Waals surface area (Å²) in [6.07, 6.45) is -2.31. The van der Waals surface area contributed by atoms with Gasteiger partial charge in [0.2, 0.25) is 5.88 Å². The number of aromatic nitrogens is 2. The Bertz CT molecular complexity index is 876. The number of alkyl halides is 3. The summed E-state index contributed by atoms with van der Waals surface area (Å²) in [5, 5.41) is 0. The number of rotatable bonds is 6. The summed E-state index contributed by atoms with van der Waals surface area (Å²) in [5.41, 5.74) is 5.12. The van der Waals surface area contributed by atoms with Crippen LogP contribution in [0.25, 0.3) is 0 Å². The van der Waals surface area contributed by atoms with Crippen LogP contribution < -0.4 is 15.2 Å². The minimum Gasteiger partial charge on any atom is -0.468 e. The molecule has 0 radical (unpaired) electrons. The van der Waals surface area contributed by atoms with Gasteiger partial charge in [-0.1, -0.05) is 0 Å². The van der Waals surface area contributed by atoms with E-state index < -0.39 is 28.7 Å². The van der Waals surface area contributed by atoms with E-state index in [-0.39, 0.29) is 22.2 Å². The number of hydrogen-bond acceptors (Lipinski definition) is 5. The molecule has 2 aromatic heterocycles. The number of halogens is 3. The molecule has 0 atom stereocenters. The summed E-state index contributed by atoms with van der Waals surface area (Å²) in [7, 11) is -2.58. The molecule has 0 unspecified atom stereocenters. The Morgan fingerprint density at radius 3 is 2.56 bits per heavy atom. The Morgan fingerprint density at radius 1 is 1.40 bits per heavy atom. The molecule has 0 aromatic carbocycles. The molecule has 0 saturated heterocycles. The lowest BCUT2D eigenvalue weighted by Gasteiger charge is -2.09. The van der Waals surface area contributed by atoms with E-state index in [1.807, 2.05) is 0 Å². The number of aryl methyl sites for hydroxylation is 1. The lowest BCUT2D eigenvalue weighted by atomic mass is 10.4. The third-order valence-electron chi connectivity index (χ3n) is 2.91. The average Bonchev–Trinajstić information content (AvgIpc) is 2.88. The molecule has 0 bridgehead atoms. The highest BCUT2D eigenvalue weighted by molar-refractivity contribution is 7.92. The molecular weight excluding hydrogens is 365 g/mol. The number of carbonyl (C=O) groups excluding carboxylic acids is 1. The summed E-state index contributed by atoms with van der Waals surface area (Å²) in [6, 6.07) is 3.37. The van der Waals surface area contributed by atoms with Crippen molar-refractivity contribution in [1.82, 2.24) is 9.55 Å². The van der Waals surface area contributed by atoms with Gasteiger partial charge in [0.25, 0.3) is 15.9 Å². The van der Waals surface area contributed by atoms with Crippen molar-refractivity contribution in [1.29, 1.82) is 0 Å². The largest absolute Gasteiger partial charge is 0.468 e. The summed E-state index contributed by atoms with van der Waals surface area (Å²) in [4.78, 5) is 14.5. The van der Waals surface area contributed by atoms with Crippen molar-refractivity contribution < 1.29 is 31.1 Å². The Morgan fingerprint density at radius 2 is 2.08 bits per heavy atom. The molecule has 8 nitrogen and oxygen atoms in total. The number of amides is 1. The molecule has 0 aliphatic carbocycles. The van der Waals surface area contributed by atoms with Crippen molar-refractivity contribution in [3.05, 3.63) is 36.3 Å². The lowest BCUT2D eigenvalue weighted by Crippen LogP contribution is -2.19. The number of pyridine rings is 1. The number of carbonyl (C=O) groups is 1. The van der Waals surface area contributed by atoms with Crippen LogP contribution in [0.2, 0.25) is 0 Å². The van der Waals surface area contributed by atoms with Crippen LogP contribution in [0.15, 0.2) is 35.5 Å². The fraction of sp³-hybridized carbons (Fsp3) is 0.231. The molecule has 2 rings (SSSR count). The van der Waals surface area contributed by atoms with Crippen molar-refractivity contribution in [2.45, 2.75) is 11.1 Å². The molecule has 0 fully saturated rings. The number of nitrogens with two attached hydrogens (primary N) is 1. The smallest absolute Gasteiger partial charge is 0.422 e. The van der Waals surface area contributed by atoms with Crippen LogP contribution in [-0.2, 0) is 17.1 Å². The summed E-state index contributed by atoms with van der Waals surface area (Å²) in [5.74, 6) is -1.10. The second-order valence-electron chi connectivity index (χ2n) is 4.93. The van der Waals surface area contributed by atoms with Crippen LogP contribution in [0.1, 0.15) is 10.5 Å². The highest BCUT2D eigenvalue weighted by atomic mass is 32.2. The van der Waals surface area contributed by atoms with E-state index in [0.717, 1.165) is 18.3 Å². The molecule has 2 heterocycles. The van der Waals surface area contributed by atoms with Gasteiger partial charge in [0.1, 0.15) is 10.6 Å². The Labute approximate surface area is 140 Å². The average molecular weight is 378 g/mol. The summed E-state index contributed by atoms with van der Waals surface area (Å²) >= 11 is 0. The first-order chi connectivity index (χ1) is 11.5. The molecule has 2 aromatic rings.